The highest BCUT2D eigenvalue weighted by molar-refractivity contribution is 5.92. The number of amides is 1. The summed E-state index contributed by atoms with van der Waals surface area (Å²) in [6, 6.07) is 3.40. The van der Waals surface area contributed by atoms with E-state index in [1.165, 1.54) is 0 Å². The smallest absolute Gasteiger partial charge is 0.272 e. The van der Waals surface area contributed by atoms with Crippen molar-refractivity contribution in [2.45, 2.75) is 26.8 Å². The van der Waals surface area contributed by atoms with Gasteiger partial charge < -0.3 is 10.6 Å². The Morgan fingerprint density at radius 3 is 2.71 bits per heavy atom. The van der Waals surface area contributed by atoms with Crippen molar-refractivity contribution in [2.75, 3.05) is 11.9 Å². The lowest BCUT2D eigenvalue weighted by atomic mass is 10.2. The van der Waals surface area contributed by atoms with Crippen molar-refractivity contribution >= 4 is 11.7 Å². The van der Waals surface area contributed by atoms with E-state index in [4.69, 9.17) is 0 Å². The number of carbonyl (C=O) groups excluding carboxylic acids is 1. The Kier molecular flexibility index (Phi) is 4.86. The first-order chi connectivity index (χ1) is 10.1. The number of hydrogen-bond donors (Lipinski definition) is 2. The van der Waals surface area contributed by atoms with Gasteiger partial charge in [0.1, 0.15) is 5.82 Å². The standard InChI is InChI=1S/C14H20N6O/c1-4-11-10(9-20(3)19-11)8-16-14(21)12-6-7-13(15-5-2)18-17-12/h6-7,9H,4-5,8H2,1-3H3,(H,15,18)(H,16,21). The predicted octanol–water partition coefficient (Wildman–Crippen LogP) is 1.13. The van der Waals surface area contributed by atoms with E-state index in [2.05, 4.69) is 25.9 Å². The van der Waals surface area contributed by atoms with E-state index < -0.39 is 0 Å². The van der Waals surface area contributed by atoms with Crippen LogP contribution in [0.2, 0.25) is 0 Å². The summed E-state index contributed by atoms with van der Waals surface area (Å²) in [5.41, 5.74) is 2.32. The van der Waals surface area contributed by atoms with Crippen molar-refractivity contribution < 1.29 is 4.79 Å². The van der Waals surface area contributed by atoms with Gasteiger partial charge in [-0.1, -0.05) is 6.92 Å². The zero-order valence-corrected chi connectivity index (χ0v) is 12.6. The maximum Gasteiger partial charge on any atom is 0.272 e. The summed E-state index contributed by atoms with van der Waals surface area (Å²) in [7, 11) is 1.87. The molecular weight excluding hydrogens is 268 g/mol. The van der Waals surface area contributed by atoms with Gasteiger partial charge in [-0.25, -0.2) is 0 Å². The lowest BCUT2D eigenvalue weighted by Crippen LogP contribution is -2.24. The van der Waals surface area contributed by atoms with Gasteiger partial charge in [-0.05, 0) is 25.5 Å². The summed E-state index contributed by atoms with van der Waals surface area (Å²) >= 11 is 0. The molecule has 0 aliphatic heterocycles. The predicted molar refractivity (Wildman–Crippen MR) is 80.0 cm³/mol. The quantitative estimate of drug-likeness (QED) is 0.832. The average molecular weight is 288 g/mol. The number of aryl methyl sites for hydroxylation is 2. The second-order valence-corrected chi connectivity index (χ2v) is 4.65. The lowest BCUT2D eigenvalue weighted by Gasteiger charge is -2.05. The molecule has 0 spiro atoms. The van der Waals surface area contributed by atoms with Crippen molar-refractivity contribution in [1.29, 1.82) is 0 Å². The normalized spacial score (nSPS) is 10.4. The highest BCUT2D eigenvalue weighted by Gasteiger charge is 2.10. The van der Waals surface area contributed by atoms with Crippen LogP contribution in [0.4, 0.5) is 5.82 Å². The second-order valence-electron chi connectivity index (χ2n) is 4.65. The van der Waals surface area contributed by atoms with Crippen LogP contribution in [0.5, 0.6) is 0 Å². The molecule has 0 saturated carbocycles. The van der Waals surface area contributed by atoms with Crippen LogP contribution in [-0.2, 0) is 20.0 Å². The van der Waals surface area contributed by atoms with Gasteiger partial charge in [0.25, 0.3) is 5.91 Å². The zero-order chi connectivity index (χ0) is 15.2. The Bertz CT molecular complexity index is 604. The fraction of sp³-hybridized carbons (Fsp3) is 0.429. The number of nitrogens with zero attached hydrogens (tertiary/aromatic N) is 4. The van der Waals surface area contributed by atoms with Crippen LogP contribution in [-0.4, -0.2) is 32.4 Å². The van der Waals surface area contributed by atoms with Crippen LogP contribution in [0.15, 0.2) is 18.3 Å². The number of aromatic nitrogens is 4. The molecule has 0 unspecified atom stereocenters. The highest BCUT2D eigenvalue weighted by atomic mass is 16.1. The molecule has 0 aliphatic rings. The summed E-state index contributed by atoms with van der Waals surface area (Å²) in [5, 5.41) is 18.1. The number of nitrogens with one attached hydrogen (secondary N) is 2. The summed E-state index contributed by atoms with van der Waals surface area (Å²) in [6.07, 6.45) is 2.75. The van der Waals surface area contributed by atoms with Crippen LogP contribution in [0.3, 0.4) is 0 Å². The zero-order valence-electron chi connectivity index (χ0n) is 12.6. The van der Waals surface area contributed by atoms with E-state index >= 15 is 0 Å². The van der Waals surface area contributed by atoms with E-state index in [0.29, 0.717) is 18.1 Å². The third-order valence-corrected chi connectivity index (χ3v) is 3.02. The fourth-order valence-corrected chi connectivity index (χ4v) is 2.02. The van der Waals surface area contributed by atoms with Gasteiger partial charge >= 0.3 is 0 Å². The molecule has 0 aromatic carbocycles. The Morgan fingerprint density at radius 2 is 2.10 bits per heavy atom. The minimum atomic E-state index is -0.239. The van der Waals surface area contributed by atoms with Crippen LogP contribution >= 0.6 is 0 Å². The van der Waals surface area contributed by atoms with Crippen LogP contribution in [0, 0.1) is 0 Å². The minimum absolute atomic E-state index is 0.239. The number of carbonyl (C=O) groups is 1. The van der Waals surface area contributed by atoms with Crippen molar-refractivity contribution in [3.05, 3.63) is 35.3 Å². The first-order valence-electron chi connectivity index (χ1n) is 7.01. The van der Waals surface area contributed by atoms with Gasteiger partial charge in [0, 0.05) is 31.9 Å². The van der Waals surface area contributed by atoms with Gasteiger partial charge in [-0.3, -0.25) is 9.48 Å². The Labute approximate surface area is 123 Å². The fourth-order valence-electron chi connectivity index (χ4n) is 2.02. The minimum Gasteiger partial charge on any atom is -0.369 e. The Balaban J connectivity index is 1.97. The molecular formula is C14H20N6O. The molecule has 21 heavy (non-hydrogen) atoms. The molecule has 0 bridgehead atoms. The van der Waals surface area contributed by atoms with E-state index in [9.17, 15) is 4.79 Å². The molecule has 7 heteroatoms. The van der Waals surface area contributed by atoms with E-state index in [0.717, 1.165) is 24.2 Å². The molecule has 2 rings (SSSR count). The van der Waals surface area contributed by atoms with E-state index in [1.807, 2.05) is 27.1 Å². The largest absolute Gasteiger partial charge is 0.369 e. The maximum atomic E-state index is 12.0. The van der Waals surface area contributed by atoms with E-state index in [-0.39, 0.29) is 5.91 Å². The number of hydrogen-bond acceptors (Lipinski definition) is 5. The molecule has 0 fully saturated rings. The molecule has 7 nitrogen and oxygen atoms in total. The van der Waals surface area contributed by atoms with Crippen molar-refractivity contribution in [3.8, 4) is 0 Å². The van der Waals surface area contributed by atoms with Crippen molar-refractivity contribution in [1.82, 2.24) is 25.3 Å². The topological polar surface area (TPSA) is 84.7 Å². The molecule has 2 aromatic heterocycles. The second kappa shape index (κ2) is 6.83. The molecule has 1 amide bonds. The van der Waals surface area contributed by atoms with Crippen LogP contribution in [0.1, 0.15) is 35.6 Å². The summed E-state index contributed by atoms with van der Waals surface area (Å²) in [4.78, 5) is 12.0. The maximum absolute atomic E-state index is 12.0. The van der Waals surface area contributed by atoms with Gasteiger partial charge in [0.05, 0.1) is 5.69 Å². The van der Waals surface area contributed by atoms with E-state index in [1.54, 1.807) is 16.8 Å². The number of anilines is 1. The number of rotatable bonds is 6. The van der Waals surface area contributed by atoms with Crippen molar-refractivity contribution in [2.24, 2.45) is 7.05 Å². The van der Waals surface area contributed by atoms with Gasteiger partial charge in [0.15, 0.2) is 5.69 Å². The van der Waals surface area contributed by atoms with Crippen LogP contribution < -0.4 is 10.6 Å². The lowest BCUT2D eigenvalue weighted by molar-refractivity contribution is 0.0945. The van der Waals surface area contributed by atoms with Gasteiger partial charge in [-0.15, -0.1) is 10.2 Å². The van der Waals surface area contributed by atoms with Gasteiger partial charge in [0.2, 0.25) is 0 Å². The summed E-state index contributed by atoms with van der Waals surface area (Å²) in [5.74, 6) is 0.422. The van der Waals surface area contributed by atoms with Crippen LogP contribution in [0.25, 0.3) is 0 Å². The molecule has 0 radical (unpaired) electrons. The molecule has 112 valence electrons. The molecule has 2 aromatic rings. The molecule has 0 aliphatic carbocycles. The Hall–Kier alpha value is -2.44. The molecule has 2 N–H and O–H groups in total. The SMILES string of the molecule is CCNc1ccc(C(=O)NCc2cn(C)nc2CC)nn1. The summed E-state index contributed by atoms with van der Waals surface area (Å²) in [6.45, 7) is 5.22. The third-order valence-electron chi connectivity index (χ3n) is 3.02. The summed E-state index contributed by atoms with van der Waals surface area (Å²) < 4.78 is 1.76. The first kappa shape index (κ1) is 15.0. The Morgan fingerprint density at radius 1 is 1.29 bits per heavy atom. The third kappa shape index (κ3) is 3.77. The molecule has 2 heterocycles. The molecule has 0 atom stereocenters. The monoisotopic (exact) mass is 288 g/mol. The average Bonchev–Trinajstić information content (AvgIpc) is 2.86. The van der Waals surface area contributed by atoms with Gasteiger partial charge in [-0.2, -0.15) is 5.10 Å². The first-order valence-corrected chi connectivity index (χ1v) is 7.01. The molecule has 0 saturated heterocycles. The van der Waals surface area contributed by atoms with Crippen molar-refractivity contribution in [3.63, 3.8) is 0 Å². The highest BCUT2D eigenvalue weighted by Crippen LogP contribution is 2.07.